The highest BCUT2D eigenvalue weighted by atomic mass is 16.1. The van der Waals surface area contributed by atoms with E-state index in [0.717, 1.165) is 23.9 Å². The number of H-pyrrole nitrogens is 1. The fraction of sp³-hybridized carbons (Fsp3) is 0.467. The van der Waals surface area contributed by atoms with Crippen LogP contribution in [0, 0.1) is 0 Å². The Hall–Kier alpha value is -1.84. The molecule has 100 valence electrons. The van der Waals surface area contributed by atoms with Crippen LogP contribution in [0.4, 0.5) is 0 Å². The van der Waals surface area contributed by atoms with Crippen molar-refractivity contribution in [2.45, 2.75) is 44.6 Å². The molecule has 1 fully saturated rings. The van der Waals surface area contributed by atoms with Crippen LogP contribution in [-0.2, 0) is 0 Å². The summed E-state index contributed by atoms with van der Waals surface area (Å²) in [6.07, 6.45) is 8.97. The molecule has 2 N–H and O–H groups in total. The fourth-order valence-electron chi connectivity index (χ4n) is 2.77. The highest BCUT2D eigenvalue weighted by Crippen LogP contribution is 2.18. The van der Waals surface area contributed by atoms with Crippen molar-refractivity contribution < 1.29 is 4.79 Å². The quantitative estimate of drug-likeness (QED) is 0.812. The first-order chi connectivity index (χ1) is 9.33. The number of carbonyl (C=O) groups is 1. The van der Waals surface area contributed by atoms with Crippen molar-refractivity contribution >= 4 is 16.9 Å². The minimum absolute atomic E-state index is 0.00935. The number of rotatable bonds is 2. The highest BCUT2D eigenvalue weighted by Gasteiger charge is 2.17. The third kappa shape index (κ3) is 2.78. The smallest absolute Gasteiger partial charge is 0.268 e. The second-order valence-electron chi connectivity index (χ2n) is 5.28. The number of nitrogens with one attached hydrogen (secondary N) is 2. The van der Waals surface area contributed by atoms with Crippen molar-refractivity contribution in [3.63, 3.8) is 0 Å². The number of aromatic amines is 1. The highest BCUT2D eigenvalue weighted by molar-refractivity contribution is 5.97. The van der Waals surface area contributed by atoms with Crippen LogP contribution in [-0.4, -0.2) is 21.9 Å². The van der Waals surface area contributed by atoms with Gasteiger partial charge in [0.05, 0.1) is 11.0 Å². The molecule has 3 rings (SSSR count). The van der Waals surface area contributed by atoms with Gasteiger partial charge in [0, 0.05) is 12.2 Å². The van der Waals surface area contributed by atoms with Crippen molar-refractivity contribution in [1.82, 2.24) is 15.3 Å². The first-order valence-corrected chi connectivity index (χ1v) is 7.07. The van der Waals surface area contributed by atoms with E-state index in [-0.39, 0.29) is 5.91 Å². The van der Waals surface area contributed by atoms with Gasteiger partial charge in [-0.05, 0) is 31.0 Å². The molecule has 0 bridgehead atoms. The molecule has 1 aliphatic carbocycles. The predicted octanol–water partition coefficient (Wildman–Crippen LogP) is 3.02. The van der Waals surface area contributed by atoms with E-state index in [2.05, 4.69) is 15.3 Å². The zero-order chi connectivity index (χ0) is 13.1. The second-order valence-corrected chi connectivity index (χ2v) is 5.28. The van der Waals surface area contributed by atoms with Gasteiger partial charge in [-0.2, -0.15) is 0 Å². The van der Waals surface area contributed by atoms with Gasteiger partial charge < -0.3 is 10.3 Å². The zero-order valence-electron chi connectivity index (χ0n) is 11.0. The van der Waals surface area contributed by atoms with E-state index in [1.807, 2.05) is 18.2 Å². The van der Waals surface area contributed by atoms with E-state index < -0.39 is 0 Å². The number of hydrogen-bond donors (Lipinski definition) is 2. The lowest BCUT2D eigenvalue weighted by molar-refractivity contribution is 0.0929. The third-order valence-electron chi connectivity index (χ3n) is 3.82. The van der Waals surface area contributed by atoms with E-state index in [1.54, 1.807) is 6.20 Å². The largest absolute Gasteiger partial charge is 0.349 e. The van der Waals surface area contributed by atoms with Crippen LogP contribution in [0.1, 0.15) is 49.0 Å². The number of hydrogen-bond acceptors (Lipinski definition) is 2. The Morgan fingerprint density at radius 2 is 2.05 bits per heavy atom. The van der Waals surface area contributed by atoms with Gasteiger partial charge in [-0.15, -0.1) is 0 Å². The summed E-state index contributed by atoms with van der Waals surface area (Å²) in [5.41, 5.74) is 2.36. The van der Waals surface area contributed by atoms with Crippen LogP contribution >= 0.6 is 0 Å². The van der Waals surface area contributed by atoms with Crippen LogP contribution in [0.2, 0.25) is 0 Å². The van der Waals surface area contributed by atoms with Gasteiger partial charge in [-0.1, -0.05) is 25.7 Å². The third-order valence-corrected chi connectivity index (χ3v) is 3.82. The number of aromatic nitrogens is 2. The number of nitrogens with zero attached hydrogens (tertiary/aromatic N) is 1. The molecule has 0 aliphatic heterocycles. The average molecular weight is 257 g/mol. The Morgan fingerprint density at radius 3 is 2.79 bits per heavy atom. The predicted molar refractivity (Wildman–Crippen MR) is 75.0 cm³/mol. The molecule has 2 heterocycles. The van der Waals surface area contributed by atoms with Crippen molar-refractivity contribution in [2.24, 2.45) is 0 Å². The Kier molecular flexibility index (Phi) is 3.49. The number of pyridine rings is 1. The van der Waals surface area contributed by atoms with Crippen molar-refractivity contribution in [3.05, 3.63) is 30.1 Å². The summed E-state index contributed by atoms with van der Waals surface area (Å²) < 4.78 is 0. The van der Waals surface area contributed by atoms with Gasteiger partial charge in [0.2, 0.25) is 0 Å². The van der Waals surface area contributed by atoms with Gasteiger partial charge in [-0.25, -0.2) is 0 Å². The molecule has 0 aromatic carbocycles. The minimum atomic E-state index is -0.00935. The first-order valence-electron chi connectivity index (χ1n) is 7.07. The molecule has 0 unspecified atom stereocenters. The molecular weight excluding hydrogens is 238 g/mol. The summed E-state index contributed by atoms with van der Waals surface area (Å²) in [7, 11) is 0. The molecule has 2 aromatic heterocycles. The van der Waals surface area contributed by atoms with Gasteiger partial charge in [0.1, 0.15) is 5.69 Å². The van der Waals surface area contributed by atoms with Crippen LogP contribution in [0.5, 0.6) is 0 Å². The molecule has 19 heavy (non-hydrogen) atoms. The molecule has 1 amide bonds. The molecule has 4 nitrogen and oxygen atoms in total. The summed E-state index contributed by atoms with van der Waals surface area (Å²) in [5.74, 6) is -0.00935. The van der Waals surface area contributed by atoms with Crippen LogP contribution in [0.3, 0.4) is 0 Å². The summed E-state index contributed by atoms with van der Waals surface area (Å²) in [4.78, 5) is 19.6. The molecule has 0 radical (unpaired) electrons. The molecule has 1 aliphatic rings. The minimum Gasteiger partial charge on any atom is -0.349 e. The normalized spacial score (nSPS) is 17.3. The Balaban J connectivity index is 1.72. The fourth-order valence-corrected chi connectivity index (χ4v) is 2.77. The lowest BCUT2D eigenvalue weighted by atomic mass is 10.1. The molecule has 0 saturated heterocycles. The number of carbonyl (C=O) groups excluding carboxylic acids is 1. The van der Waals surface area contributed by atoms with Crippen molar-refractivity contribution in [3.8, 4) is 0 Å². The van der Waals surface area contributed by atoms with E-state index in [4.69, 9.17) is 0 Å². The Bertz CT molecular complexity index is 535. The molecule has 0 spiro atoms. The van der Waals surface area contributed by atoms with Crippen LogP contribution in [0.15, 0.2) is 24.4 Å². The molecule has 2 aromatic rings. The van der Waals surface area contributed by atoms with Crippen molar-refractivity contribution in [2.75, 3.05) is 0 Å². The zero-order valence-corrected chi connectivity index (χ0v) is 11.0. The molecule has 1 saturated carbocycles. The topological polar surface area (TPSA) is 57.8 Å². The summed E-state index contributed by atoms with van der Waals surface area (Å²) in [6.45, 7) is 0. The summed E-state index contributed by atoms with van der Waals surface area (Å²) in [5, 5.41) is 3.14. The van der Waals surface area contributed by atoms with Gasteiger partial charge in [0.15, 0.2) is 0 Å². The van der Waals surface area contributed by atoms with E-state index in [0.29, 0.717) is 11.7 Å². The lowest BCUT2D eigenvalue weighted by Crippen LogP contribution is -2.34. The van der Waals surface area contributed by atoms with Crippen LogP contribution < -0.4 is 5.32 Å². The van der Waals surface area contributed by atoms with E-state index in [1.165, 1.54) is 25.7 Å². The standard InChI is InChI=1S/C15H19N3O/c19-15(17-11-6-3-1-2-4-7-11)14-10-13-12(18-14)8-5-9-16-13/h5,8-11,18H,1-4,6-7H2,(H,17,19). The molecular formula is C15H19N3O. The molecule has 4 heteroatoms. The van der Waals surface area contributed by atoms with Crippen molar-refractivity contribution in [1.29, 1.82) is 0 Å². The Labute approximate surface area is 112 Å². The van der Waals surface area contributed by atoms with Gasteiger partial charge >= 0.3 is 0 Å². The first kappa shape index (κ1) is 12.2. The SMILES string of the molecule is O=C(NC1CCCCCC1)c1cc2ncccc2[nH]1. The van der Waals surface area contributed by atoms with E-state index >= 15 is 0 Å². The Morgan fingerprint density at radius 1 is 1.26 bits per heavy atom. The lowest BCUT2D eigenvalue weighted by Gasteiger charge is -2.15. The average Bonchev–Trinajstić information content (AvgIpc) is 2.70. The van der Waals surface area contributed by atoms with E-state index in [9.17, 15) is 4.79 Å². The van der Waals surface area contributed by atoms with Gasteiger partial charge in [0.25, 0.3) is 5.91 Å². The summed E-state index contributed by atoms with van der Waals surface area (Å²) >= 11 is 0. The maximum absolute atomic E-state index is 12.2. The second kappa shape index (κ2) is 5.43. The summed E-state index contributed by atoms with van der Waals surface area (Å²) in [6, 6.07) is 5.95. The van der Waals surface area contributed by atoms with Crippen LogP contribution in [0.25, 0.3) is 11.0 Å². The molecule has 0 atom stereocenters. The van der Waals surface area contributed by atoms with Gasteiger partial charge in [-0.3, -0.25) is 9.78 Å². The maximum atomic E-state index is 12.2. The monoisotopic (exact) mass is 257 g/mol. The maximum Gasteiger partial charge on any atom is 0.268 e. The number of fused-ring (bicyclic) bond motifs is 1. The number of amides is 1.